The molecule has 3 aliphatic rings. The largest absolute Gasteiger partial charge is 0.396 e. The molecule has 0 spiro atoms. The molecule has 0 saturated heterocycles. The third kappa shape index (κ3) is 1.21. The summed E-state index contributed by atoms with van der Waals surface area (Å²) in [4.78, 5) is 0. The van der Waals surface area contributed by atoms with Crippen molar-refractivity contribution in [2.45, 2.75) is 45.4 Å². The molecule has 90 valence electrons. The molecule has 0 aromatic heterocycles. The van der Waals surface area contributed by atoms with Crippen molar-refractivity contribution in [1.29, 1.82) is 0 Å². The van der Waals surface area contributed by atoms with E-state index < -0.39 is 0 Å². The first-order chi connectivity index (χ1) is 7.67. The van der Waals surface area contributed by atoms with Gasteiger partial charge in [-0.1, -0.05) is 31.9 Å². The Morgan fingerprint density at radius 2 is 1.94 bits per heavy atom. The number of hydrogen-bond acceptors (Lipinski definition) is 1. The van der Waals surface area contributed by atoms with Gasteiger partial charge >= 0.3 is 0 Å². The fourth-order valence-corrected chi connectivity index (χ4v) is 5.03. The average Bonchev–Trinajstić information content (AvgIpc) is 2.98. The molecular weight excluding hydrogens is 196 g/mol. The molecule has 1 nitrogen and oxygen atoms in total. The summed E-state index contributed by atoms with van der Waals surface area (Å²) >= 11 is 0. The fraction of sp³-hybridized carbons (Fsp3) is 0.867. The summed E-state index contributed by atoms with van der Waals surface area (Å²) < 4.78 is 0. The summed E-state index contributed by atoms with van der Waals surface area (Å²) in [6.45, 7) is 7.27. The topological polar surface area (TPSA) is 20.2 Å². The van der Waals surface area contributed by atoms with E-state index in [0.717, 1.165) is 11.8 Å². The van der Waals surface area contributed by atoms with Crippen LogP contribution in [0.2, 0.25) is 0 Å². The van der Waals surface area contributed by atoms with Crippen molar-refractivity contribution in [1.82, 2.24) is 0 Å². The number of fused-ring (bicyclic) bond motifs is 2. The lowest BCUT2D eigenvalue weighted by Gasteiger charge is -2.43. The second-order valence-corrected chi connectivity index (χ2v) is 6.51. The highest BCUT2D eigenvalue weighted by Gasteiger charge is 2.57. The summed E-state index contributed by atoms with van der Waals surface area (Å²) in [5, 5.41) is 9.40. The molecule has 4 atom stereocenters. The molecule has 2 bridgehead atoms. The first-order valence-corrected chi connectivity index (χ1v) is 6.98. The van der Waals surface area contributed by atoms with Gasteiger partial charge in [0, 0.05) is 6.61 Å². The van der Waals surface area contributed by atoms with Gasteiger partial charge in [0.1, 0.15) is 0 Å². The number of aliphatic hydroxyl groups is 1. The Morgan fingerprint density at radius 1 is 1.25 bits per heavy atom. The van der Waals surface area contributed by atoms with Gasteiger partial charge in [-0.25, -0.2) is 0 Å². The minimum absolute atomic E-state index is 0.376. The van der Waals surface area contributed by atoms with Gasteiger partial charge in [0.2, 0.25) is 0 Å². The quantitative estimate of drug-likeness (QED) is 0.707. The van der Waals surface area contributed by atoms with Crippen LogP contribution < -0.4 is 0 Å². The Hall–Kier alpha value is -0.300. The molecule has 0 aromatic carbocycles. The zero-order chi connectivity index (χ0) is 11.3. The summed E-state index contributed by atoms with van der Waals surface area (Å²) in [6.07, 6.45) is 8.26. The third-order valence-electron chi connectivity index (χ3n) is 6.12. The van der Waals surface area contributed by atoms with Crippen molar-refractivity contribution in [3.05, 3.63) is 12.2 Å². The molecule has 0 heterocycles. The van der Waals surface area contributed by atoms with Gasteiger partial charge in [-0.2, -0.15) is 0 Å². The fourth-order valence-electron chi connectivity index (χ4n) is 5.03. The molecule has 3 fully saturated rings. The maximum absolute atomic E-state index is 9.40. The van der Waals surface area contributed by atoms with Gasteiger partial charge in [-0.15, -0.1) is 0 Å². The van der Waals surface area contributed by atoms with E-state index >= 15 is 0 Å². The predicted molar refractivity (Wildman–Crippen MR) is 66.0 cm³/mol. The Labute approximate surface area is 98.9 Å². The molecule has 3 saturated carbocycles. The van der Waals surface area contributed by atoms with E-state index in [-0.39, 0.29) is 0 Å². The van der Waals surface area contributed by atoms with E-state index in [1.807, 2.05) is 0 Å². The first kappa shape index (κ1) is 10.8. The van der Waals surface area contributed by atoms with Gasteiger partial charge in [-0.05, 0) is 54.8 Å². The van der Waals surface area contributed by atoms with E-state index in [1.54, 1.807) is 0 Å². The van der Waals surface area contributed by atoms with Gasteiger partial charge in [0.15, 0.2) is 0 Å². The van der Waals surface area contributed by atoms with Crippen LogP contribution in [0.25, 0.3) is 0 Å². The van der Waals surface area contributed by atoms with Crippen LogP contribution in [0.3, 0.4) is 0 Å². The zero-order valence-electron chi connectivity index (χ0n) is 10.4. The van der Waals surface area contributed by atoms with Crippen molar-refractivity contribution in [3.63, 3.8) is 0 Å². The van der Waals surface area contributed by atoms with E-state index in [2.05, 4.69) is 13.5 Å². The first-order valence-electron chi connectivity index (χ1n) is 6.98. The molecule has 16 heavy (non-hydrogen) atoms. The highest BCUT2D eigenvalue weighted by molar-refractivity contribution is 5.27. The Morgan fingerprint density at radius 3 is 2.50 bits per heavy atom. The van der Waals surface area contributed by atoms with Crippen molar-refractivity contribution in [2.24, 2.45) is 29.1 Å². The molecule has 0 aliphatic heterocycles. The van der Waals surface area contributed by atoms with Crippen molar-refractivity contribution in [2.75, 3.05) is 6.61 Å². The van der Waals surface area contributed by atoms with Crippen molar-refractivity contribution >= 4 is 0 Å². The molecule has 3 aliphatic carbocycles. The van der Waals surface area contributed by atoms with E-state index in [1.165, 1.54) is 44.1 Å². The molecule has 0 amide bonds. The van der Waals surface area contributed by atoms with Gasteiger partial charge in [0.25, 0.3) is 0 Å². The van der Waals surface area contributed by atoms with Crippen LogP contribution in [-0.4, -0.2) is 11.7 Å². The Bertz CT molecular complexity index is 303. The maximum atomic E-state index is 9.40. The Balaban J connectivity index is 1.86. The second kappa shape index (κ2) is 3.60. The molecule has 0 radical (unpaired) electrons. The predicted octanol–water partition coefficient (Wildman–Crippen LogP) is 3.39. The lowest BCUT2D eigenvalue weighted by molar-refractivity contribution is 0.112. The number of aliphatic hydroxyl groups excluding tert-OH is 1. The maximum Gasteiger partial charge on any atom is 0.0465 e. The molecule has 0 aromatic rings. The lowest BCUT2D eigenvalue weighted by atomic mass is 9.61. The lowest BCUT2D eigenvalue weighted by Crippen LogP contribution is -2.36. The minimum atomic E-state index is 0.376. The Kier molecular flexibility index (Phi) is 2.43. The number of hydrogen-bond donors (Lipinski definition) is 1. The standard InChI is InChI=1S/C15H24O/c1-10-14-8-13(7-11(14)9-16)15(10,2)12-5-3-4-6-12/h11-14,16H,1,3-9H2,2H3/t11-,13+,14-,15-/m0/s1. The molecule has 1 N–H and O–H groups in total. The van der Waals surface area contributed by atoms with Crippen LogP contribution in [0, 0.1) is 29.1 Å². The smallest absolute Gasteiger partial charge is 0.0465 e. The third-order valence-corrected chi connectivity index (χ3v) is 6.12. The monoisotopic (exact) mass is 220 g/mol. The van der Waals surface area contributed by atoms with Crippen LogP contribution in [0.5, 0.6) is 0 Å². The average molecular weight is 220 g/mol. The summed E-state index contributed by atoms with van der Waals surface area (Å²) in [7, 11) is 0. The molecule has 0 unspecified atom stereocenters. The normalized spacial score (nSPS) is 48.1. The minimum Gasteiger partial charge on any atom is -0.396 e. The highest BCUT2D eigenvalue weighted by atomic mass is 16.3. The van der Waals surface area contributed by atoms with E-state index in [0.29, 0.717) is 23.9 Å². The van der Waals surface area contributed by atoms with Gasteiger partial charge in [0.05, 0.1) is 0 Å². The van der Waals surface area contributed by atoms with Crippen LogP contribution in [0.4, 0.5) is 0 Å². The summed E-state index contributed by atoms with van der Waals surface area (Å²) in [5.74, 6) is 2.90. The SMILES string of the molecule is C=C1[C@@H]2C[C@@H](C[C@H]2CO)[C@]1(C)C1CCCC1. The van der Waals surface area contributed by atoms with Crippen LogP contribution >= 0.6 is 0 Å². The van der Waals surface area contributed by atoms with Gasteiger partial charge < -0.3 is 5.11 Å². The highest BCUT2D eigenvalue weighted by Crippen LogP contribution is 2.65. The number of allylic oxidation sites excluding steroid dienone is 1. The van der Waals surface area contributed by atoms with Crippen LogP contribution in [0.15, 0.2) is 12.2 Å². The molecule has 3 rings (SSSR count). The van der Waals surface area contributed by atoms with E-state index in [9.17, 15) is 5.11 Å². The zero-order valence-corrected chi connectivity index (χ0v) is 10.4. The van der Waals surface area contributed by atoms with Gasteiger partial charge in [-0.3, -0.25) is 0 Å². The summed E-state index contributed by atoms with van der Waals surface area (Å²) in [6, 6.07) is 0. The van der Waals surface area contributed by atoms with Crippen LogP contribution in [-0.2, 0) is 0 Å². The number of rotatable bonds is 2. The van der Waals surface area contributed by atoms with Crippen molar-refractivity contribution in [3.8, 4) is 0 Å². The van der Waals surface area contributed by atoms with Crippen LogP contribution in [0.1, 0.15) is 45.4 Å². The second-order valence-electron chi connectivity index (χ2n) is 6.51. The van der Waals surface area contributed by atoms with E-state index in [4.69, 9.17) is 0 Å². The van der Waals surface area contributed by atoms with Crippen molar-refractivity contribution < 1.29 is 5.11 Å². The molecular formula is C15H24O. The molecule has 1 heteroatoms. The summed E-state index contributed by atoms with van der Waals surface area (Å²) in [5.41, 5.74) is 1.92.